The molecule has 0 N–H and O–H groups in total. The number of hydrogen-bond acceptors (Lipinski definition) is 2. The van der Waals surface area contributed by atoms with Crippen molar-refractivity contribution in [3.8, 4) is 6.07 Å². The number of benzene rings is 1. The Labute approximate surface area is 97.9 Å². The summed E-state index contributed by atoms with van der Waals surface area (Å²) in [7, 11) is 0. The van der Waals surface area contributed by atoms with Gasteiger partial charge in [-0.3, -0.25) is 0 Å². The summed E-state index contributed by atoms with van der Waals surface area (Å²) in [5.41, 5.74) is 1.78. The molecule has 0 radical (unpaired) electrons. The van der Waals surface area contributed by atoms with Gasteiger partial charge in [-0.05, 0) is 24.1 Å². The predicted octanol–water partition coefficient (Wildman–Crippen LogP) is 3.66. The van der Waals surface area contributed by atoms with E-state index in [-0.39, 0.29) is 0 Å². The zero-order valence-corrected chi connectivity index (χ0v) is 9.91. The van der Waals surface area contributed by atoms with E-state index in [0.29, 0.717) is 12.2 Å². The summed E-state index contributed by atoms with van der Waals surface area (Å²) < 4.78 is 5.56. The zero-order chi connectivity index (χ0) is 11.6. The number of rotatable bonds is 7. The molecule has 0 amide bonds. The molecule has 0 aliphatic rings. The minimum Gasteiger partial charge on any atom is -0.377 e. The first-order chi connectivity index (χ1) is 7.86. The third-order valence-corrected chi connectivity index (χ3v) is 2.47. The molecule has 0 heterocycles. The molecule has 0 spiro atoms. The van der Waals surface area contributed by atoms with Crippen molar-refractivity contribution in [2.45, 2.75) is 39.2 Å². The summed E-state index contributed by atoms with van der Waals surface area (Å²) in [6, 6.07) is 9.71. The van der Waals surface area contributed by atoms with Crippen LogP contribution in [0, 0.1) is 11.3 Å². The van der Waals surface area contributed by atoms with Gasteiger partial charge < -0.3 is 4.74 Å². The van der Waals surface area contributed by atoms with Crippen molar-refractivity contribution in [1.29, 1.82) is 5.26 Å². The minimum atomic E-state index is 0.613. The molecule has 1 rings (SSSR count). The van der Waals surface area contributed by atoms with Crippen LogP contribution >= 0.6 is 0 Å². The van der Waals surface area contributed by atoms with E-state index in [0.717, 1.165) is 18.6 Å². The average Bonchev–Trinajstić information content (AvgIpc) is 2.34. The Morgan fingerprint density at radius 3 is 2.88 bits per heavy atom. The van der Waals surface area contributed by atoms with Gasteiger partial charge in [-0.2, -0.15) is 5.26 Å². The highest BCUT2D eigenvalue weighted by molar-refractivity contribution is 5.32. The van der Waals surface area contributed by atoms with Gasteiger partial charge in [-0.15, -0.1) is 0 Å². The zero-order valence-electron chi connectivity index (χ0n) is 9.91. The van der Waals surface area contributed by atoms with E-state index < -0.39 is 0 Å². The number of ether oxygens (including phenoxy) is 1. The van der Waals surface area contributed by atoms with Gasteiger partial charge in [-0.25, -0.2) is 0 Å². The second-order valence-electron chi connectivity index (χ2n) is 3.93. The van der Waals surface area contributed by atoms with E-state index in [1.807, 2.05) is 24.3 Å². The molecule has 1 aromatic rings. The van der Waals surface area contributed by atoms with Crippen LogP contribution in [0.1, 0.15) is 43.7 Å². The van der Waals surface area contributed by atoms with Crippen molar-refractivity contribution in [2.24, 2.45) is 0 Å². The van der Waals surface area contributed by atoms with Crippen LogP contribution in [0.2, 0.25) is 0 Å². The topological polar surface area (TPSA) is 33.0 Å². The summed E-state index contributed by atoms with van der Waals surface area (Å²) in [6.45, 7) is 3.63. The lowest BCUT2D eigenvalue weighted by molar-refractivity contribution is 0.117. The lowest BCUT2D eigenvalue weighted by Gasteiger charge is -2.04. The van der Waals surface area contributed by atoms with Gasteiger partial charge in [-0.1, -0.05) is 38.3 Å². The summed E-state index contributed by atoms with van der Waals surface area (Å²) in [4.78, 5) is 0. The highest BCUT2D eigenvalue weighted by Gasteiger charge is 1.95. The third kappa shape index (κ3) is 4.95. The fourth-order valence-corrected chi connectivity index (χ4v) is 1.55. The third-order valence-electron chi connectivity index (χ3n) is 2.47. The molecule has 86 valence electrons. The maximum Gasteiger partial charge on any atom is 0.0991 e. The van der Waals surface area contributed by atoms with Crippen molar-refractivity contribution >= 4 is 0 Å². The normalized spacial score (nSPS) is 10.0. The van der Waals surface area contributed by atoms with Crippen molar-refractivity contribution in [2.75, 3.05) is 6.61 Å². The van der Waals surface area contributed by atoms with E-state index in [1.165, 1.54) is 19.3 Å². The summed E-state index contributed by atoms with van der Waals surface area (Å²) in [5.74, 6) is 0. The molecule has 0 saturated heterocycles. The molecular formula is C14H19NO. The molecule has 16 heavy (non-hydrogen) atoms. The van der Waals surface area contributed by atoms with Crippen LogP contribution in [-0.4, -0.2) is 6.61 Å². The Morgan fingerprint density at radius 1 is 1.25 bits per heavy atom. The van der Waals surface area contributed by atoms with Crippen LogP contribution in [0.3, 0.4) is 0 Å². The second-order valence-corrected chi connectivity index (χ2v) is 3.93. The summed E-state index contributed by atoms with van der Waals surface area (Å²) >= 11 is 0. The first-order valence-electron chi connectivity index (χ1n) is 5.93. The molecule has 0 bridgehead atoms. The van der Waals surface area contributed by atoms with Gasteiger partial charge in [0.25, 0.3) is 0 Å². The highest BCUT2D eigenvalue weighted by Crippen LogP contribution is 2.06. The van der Waals surface area contributed by atoms with Crippen LogP contribution in [0.15, 0.2) is 24.3 Å². The molecular weight excluding hydrogens is 198 g/mol. The molecule has 0 fully saturated rings. The van der Waals surface area contributed by atoms with E-state index in [4.69, 9.17) is 10.00 Å². The first-order valence-corrected chi connectivity index (χ1v) is 5.93. The molecule has 2 nitrogen and oxygen atoms in total. The molecule has 0 aliphatic carbocycles. The predicted molar refractivity (Wildman–Crippen MR) is 65.0 cm³/mol. The molecule has 1 aromatic carbocycles. The molecule has 2 heteroatoms. The van der Waals surface area contributed by atoms with Crippen LogP contribution < -0.4 is 0 Å². The van der Waals surface area contributed by atoms with Crippen molar-refractivity contribution < 1.29 is 4.74 Å². The lowest BCUT2D eigenvalue weighted by Crippen LogP contribution is -1.95. The summed E-state index contributed by atoms with van der Waals surface area (Å²) in [6.07, 6.45) is 4.91. The number of unbranched alkanes of at least 4 members (excludes halogenated alkanes) is 3. The Kier molecular flexibility index (Phi) is 6.29. The van der Waals surface area contributed by atoms with E-state index >= 15 is 0 Å². The molecule has 0 saturated carbocycles. The van der Waals surface area contributed by atoms with Gasteiger partial charge in [0.1, 0.15) is 0 Å². The largest absolute Gasteiger partial charge is 0.377 e. The van der Waals surface area contributed by atoms with Gasteiger partial charge in [0.2, 0.25) is 0 Å². The van der Waals surface area contributed by atoms with Gasteiger partial charge >= 0.3 is 0 Å². The van der Waals surface area contributed by atoms with E-state index in [2.05, 4.69) is 13.0 Å². The monoisotopic (exact) mass is 217 g/mol. The van der Waals surface area contributed by atoms with Crippen LogP contribution in [0.5, 0.6) is 0 Å². The molecule has 0 unspecified atom stereocenters. The minimum absolute atomic E-state index is 0.613. The Balaban J connectivity index is 2.19. The summed E-state index contributed by atoms with van der Waals surface area (Å²) in [5, 5.41) is 8.74. The number of hydrogen-bond donors (Lipinski definition) is 0. The standard InChI is InChI=1S/C14H19NO/c1-2-3-4-5-9-16-12-14-8-6-7-13(10-14)11-15/h6-8,10H,2-5,9,12H2,1H3. The number of nitriles is 1. The van der Waals surface area contributed by atoms with Crippen LogP contribution in [0.25, 0.3) is 0 Å². The first kappa shape index (κ1) is 12.7. The average molecular weight is 217 g/mol. The second kappa shape index (κ2) is 7.90. The Hall–Kier alpha value is -1.33. The SMILES string of the molecule is CCCCCCOCc1cccc(C#N)c1. The highest BCUT2D eigenvalue weighted by atomic mass is 16.5. The van der Waals surface area contributed by atoms with Crippen molar-refractivity contribution in [3.63, 3.8) is 0 Å². The fourth-order valence-electron chi connectivity index (χ4n) is 1.55. The number of nitrogens with zero attached hydrogens (tertiary/aromatic N) is 1. The Bertz CT molecular complexity index is 341. The fraction of sp³-hybridized carbons (Fsp3) is 0.500. The Morgan fingerprint density at radius 2 is 2.12 bits per heavy atom. The molecule has 0 atom stereocenters. The van der Waals surface area contributed by atoms with Gasteiger partial charge in [0.05, 0.1) is 18.2 Å². The van der Waals surface area contributed by atoms with Crippen molar-refractivity contribution in [3.05, 3.63) is 35.4 Å². The maximum atomic E-state index is 8.74. The van der Waals surface area contributed by atoms with Crippen LogP contribution in [-0.2, 0) is 11.3 Å². The van der Waals surface area contributed by atoms with Gasteiger partial charge in [0, 0.05) is 6.61 Å². The van der Waals surface area contributed by atoms with E-state index in [9.17, 15) is 0 Å². The quantitative estimate of drug-likeness (QED) is 0.653. The van der Waals surface area contributed by atoms with Crippen molar-refractivity contribution in [1.82, 2.24) is 0 Å². The van der Waals surface area contributed by atoms with Gasteiger partial charge in [0.15, 0.2) is 0 Å². The smallest absolute Gasteiger partial charge is 0.0991 e. The maximum absolute atomic E-state index is 8.74. The molecule has 0 aromatic heterocycles. The lowest BCUT2D eigenvalue weighted by atomic mass is 10.1. The van der Waals surface area contributed by atoms with E-state index in [1.54, 1.807) is 0 Å². The van der Waals surface area contributed by atoms with Crippen LogP contribution in [0.4, 0.5) is 0 Å². The molecule has 0 aliphatic heterocycles.